The summed E-state index contributed by atoms with van der Waals surface area (Å²) in [7, 11) is -4.66. The van der Waals surface area contributed by atoms with E-state index in [1.165, 1.54) is 64.7 Å². The molecule has 7 heteroatoms. The van der Waals surface area contributed by atoms with Crippen LogP contribution in [-0.4, -0.2) is 19.6 Å². The molecule has 0 saturated carbocycles. The quantitative estimate of drug-likeness (QED) is 0.102. The molecule has 5 nitrogen and oxygen atoms in total. The average Bonchev–Trinajstić information content (AvgIpc) is 2.39. The van der Waals surface area contributed by atoms with Crippen LogP contribution in [0.4, 0.5) is 0 Å². The van der Waals surface area contributed by atoms with Gasteiger partial charge in [0.15, 0.2) is 0 Å². The topological polar surface area (TPSA) is 75.7 Å². The van der Waals surface area contributed by atoms with E-state index in [0.717, 1.165) is 6.42 Å². The van der Waals surface area contributed by atoms with Crippen LogP contribution in [0.25, 0.3) is 0 Å². The third-order valence-corrected chi connectivity index (χ3v) is 2.87. The molecule has 0 aromatic carbocycles. The van der Waals surface area contributed by atoms with Crippen molar-refractivity contribution in [3.8, 4) is 0 Å². The van der Waals surface area contributed by atoms with E-state index >= 15 is 0 Å². The third-order valence-electron chi connectivity index (χ3n) is 2.60. The zero-order valence-corrected chi connectivity index (χ0v) is 16.8. The van der Waals surface area contributed by atoms with Crippen molar-refractivity contribution in [2.24, 2.45) is 0 Å². The molecule has 0 bridgehead atoms. The molecular formula is C14H30NaO5S-. The Hall–Kier alpha value is 0.830. The fourth-order valence-corrected chi connectivity index (χ4v) is 1.81. The first-order chi connectivity index (χ1) is 9.47. The van der Waals surface area contributed by atoms with Crippen LogP contribution in [0.3, 0.4) is 0 Å². The molecule has 0 atom stereocenters. The molecule has 0 heterocycles. The fourth-order valence-electron chi connectivity index (χ4n) is 1.59. The maximum absolute atomic E-state index is 9.49. The van der Waals surface area contributed by atoms with Gasteiger partial charge in [-0.05, 0) is 6.92 Å². The summed E-state index contributed by atoms with van der Waals surface area (Å²) in [6, 6.07) is 0. The van der Waals surface area contributed by atoms with Gasteiger partial charge in [-0.3, -0.25) is 0 Å². The summed E-state index contributed by atoms with van der Waals surface area (Å²) in [6.45, 7) is 7.64. The van der Waals surface area contributed by atoms with Gasteiger partial charge in [0.2, 0.25) is 10.4 Å². The molecule has 0 spiro atoms. The smallest absolute Gasteiger partial charge is 0.724 e. The molecule has 0 N–H and O–H groups in total. The minimum Gasteiger partial charge on any atom is -0.724 e. The van der Waals surface area contributed by atoms with Crippen molar-refractivity contribution < 1.29 is 51.7 Å². The fraction of sp³-hybridized carbons (Fsp3) is 0.929. The molecule has 0 saturated heterocycles. The van der Waals surface area contributed by atoms with Crippen LogP contribution in [0.15, 0.2) is 0 Å². The van der Waals surface area contributed by atoms with E-state index in [2.05, 4.69) is 23.1 Å². The third kappa shape index (κ3) is 33.6. The van der Waals surface area contributed by atoms with Gasteiger partial charge in [0, 0.05) is 0 Å². The number of unbranched alkanes of at least 4 members (excludes halogenated alkanes) is 9. The van der Waals surface area contributed by atoms with Crippen molar-refractivity contribution in [1.29, 1.82) is 0 Å². The first-order valence-electron chi connectivity index (χ1n) is 7.54. The van der Waals surface area contributed by atoms with Gasteiger partial charge in [0.1, 0.15) is 0 Å². The van der Waals surface area contributed by atoms with E-state index in [9.17, 15) is 13.0 Å². The summed E-state index contributed by atoms with van der Waals surface area (Å²) in [5.74, 6) is 0. The van der Waals surface area contributed by atoms with E-state index in [0.29, 0.717) is 0 Å². The summed E-state index contributed by atoms with van der Waals surface area (Å²) in [6.07, 6.45) is 13.9. The van der Waals surface area contributed by atoms with Gasteiger partial charge in [0.05, 0.1) is 6.61 Å². The minimum absolute atomic E-state index is 0. The van der Waals surface area contributed by atoms with Crippen LogP contribution < -0.4 is 29.6 Å². The molecule has 0 aromatic heterocycles. The van der Waals surface area contributed by atoms with Crippen LogP contribution in [-0.2, 0) is 19.6 Å². The van der Waals surface area contributed by atoms with Gasteiger partial charge in [-0.2, -0.15) is 6.42 Å². The van der Waals surface area contributed by atoms with Crippen molar-refractivity contribution in [2.75, 3.05) is 6.61 Å². The summed E-state index contributed by atoms with van der Waals surface area (Å²) < 4.78 is 31.8. The zero-order chi connectivity index (χ0) is 15.7. The van der Waals surface area contributed by atoms with Crippen molar-refractivity contribution in [3.05, 3.63) is 6.92 Å². The summed E-state index contributed by atoms with van der Waals surface area (Å²) in [4.78, 5) is 3.80. The van der Waals surface area contributed by atoms with Crippen molar-refractivity contribution in [3.63, 3.8) is 0 Å². The first kappa shape index (κ1) is 26.7. The molecule has 0 rings (SSSR count). The van der Waals surface area contributed by atoms with Gasteiger partial charge < -0.3 is 11.5 Å². The molecule has 0 aliphatic carbocycles. The van der Waals surface area contributed by atoms with Gasteiger partial charge in [-0.15, -0.1) is 4.33 Å². The van der Waals surface area contributed by atoms with Gasteiger partial charge in [-0.25, -0.2) is 13.3 Å². The van der Waals surface area contributed by atoms with E-state index in [-0.39, 0.29) is 36.2 Å². The van der Waals surface area contributed by atoms with Crippen molar-refractivity contribution >= 4 is 10.4 Å². The zero-order valence-electron chi connectivity index (χ0n) is 13.9. The normalized spacial score (nSPS) is 10.5. The largest absolute Gasteiger partial charge is 1.00 e. The second-order valence-corrected chi connectivity index (χ2v) is 5.52. The van der Waals surface area contributed by atoms with E-state index < -0.39 is 10.4 Å². The number of rotatable bonds is 12. The molecule has 124 valence electrons. The predicted molar refractivity (Wildman–Crippen MR) is 79.6 cm³/mol. The van der Waals surface area contributed by atoms with Crippen LogP contribution in [0.5, 0.6) is 0 Å². The number of hydrogen-bond donors (Lipinski definition) is 0. The Bertz CT molecular complexity index is 261. The first-order valence-corrected chi connectivity index (χ1v) is 8.87. The molecule has 0 amide bonds. The predicted octanol–water partition coefficient (Wildman–Crippen LogP) is 1.16. The van der Waals surface area contributed by atoms with Crippen molar-refractivity contribution in [2.45, 2.75) is 78.1 Å². The minimum atomic E-state index is -4.66. The molecule has 0 aromatic rings. The molecule has 21 heavy (non-hydrogen) atoms. The summed E-state index contributed by atoms with van der Waals surface area (Å²) in [5.41, 5.74) is 0. The van der Waals surface area contributed by atoms with Gasteiger partial charge in [0.25, 0.3) is 0 Å². The second kappa shape index (κ2) is 20.8. The van der Waals surface area contributed by atoms with Crippen LogP contribution in [0.2, 0.25) is 0 Å². The maximum Gasteiger partial charge on any atom is 1.00 e. The number of hydrogen-bond acceptors (Lipinski definition) is 5. The Morgan fingerprint density at radius 1 is 0.905 bits per heavy atom. The van der Waals surface area contributed by atoms with Crippen LogP contribution >= 0.6 is 0 Å². The standard InChI is InChI=1S/C12H25.C2H6O5S.Na/c1-3-5-7-9-11-12-10-8-6-4-2;1-2-6-7-8(3,4)5;/h1,3-12H2,2H3;2H2,1H3,(H,3,4,5);/q-1;;+1/p-1. The van der Waals surface area contributed by atoms with E-state index in [1.54, 1.807) is 0 Å². The Morgan fingerprint density at radius 3 is 1.62 bits per heavy atom. The molecular weight excluding hydrogens is 303 g/mol. The molecule has 0 fully saturated rings. The Labute approximate surface area is 153 Å². The van der Waals surface area contributed by atoms with Gasteiger partial charge in [-0.1, -0.05) is 64.7 Å². The van der Waals surface area contributed by atoms with Gasteiger partial charge >= 0.3 is 29.6 Å². The Morgan fingerprint density at radius 2 is 1.33 bits per heavy atom. The van der Waals surface area contributed by atoms with Crippen LogP contribution in [0, 0.1) is 6.92 Å². The second-order valence-electron chi connectivity index (χ2n) is 4.56. The van der Waals surface area contributed by atoms with E-state index in [1.807, 2.05) is 0 Å². The summed E-state index contributed by atoms with van der Waals surface area (Å²) >= 11 is 0. The Balaban J connectivity index is -0.000000317. The molecule has 0 unspecified atom stereocenters. The van der Waals surface area contributed by atoms with Crippen molar-refractivity contribution in [1.82, 2.24) is 0 Å². The SMILES string of the molecule is CCOOS(=O)(=O)[O-].[CH2-]CCCCCCCCCCC.[Na+]. The maximum atomic E-state index is 9.49. The molecule has 0 aliphatic rings. The average molecular weight is 333 g/mol. The monoisotopic (exact) mass is 333 g/mol. The molecule has 0 radical (unpaired) electrons. The Kier molecular flexibility index (Phi) is 26.5. The summed E-state index contributed by atoms with van der Waals surface area (Å²) in [5, 5.41) is 0. The molecule has 0 aliphatic heterocycles. The van der Waals surface area contributed by atoms with E-state index in [4.69, 9.17) is 0 Å². The van der Waals surface area contributed by atoms with Crippen LogP contribution in [0.1, 0.15) is 78.1 Å².